The van der Waals surface area contributed by atoms with Crippen molar-refractivity contribution in [3.63, 3.8) is 0 Å². The van der Waals surface area contributed by atoms with E-state index in [1.807, 2.05) is 11.4 Å². The van der Waals surface area contributed by atoms with Crippen LogP contribution in [-0.4, -0.2) is 16.6 Å². The standard InChI is InChI=1S/C15H21ClN2OS/c1-2-3-4-5-6-7-9-19-11-13-17-14(16)12-8-10-20-15(12)18-13/h8,10H,2-7,9,11H2,1H3. The summed E-state index contributed by atoms with van der Waals surface area (Å²) < 4.78 is 5.63. The van der Waals surface area contributed by atoms with Crippen molar-refractivity contribution in [2.24, 2.45) is 0 Å². The van der Waals surface area contributed by atoms with Crippen LogP contribution in [-0.2, 0) is 11.3 Å². The minimum Gasteiger partial charge on any atom is -0.373 e. The van der Waals surface area contributed by atoms with Gasteiger partial charge in [0.05, 0.1) is 0 Å². The van der Waals surface area contributed by atoms with Crippen molar-refractivity contribution in [2.45, 2.75) is 52.1 Å². The van der Waals surface area contributed by atoms with E-state index in [-0.39, 0.29) is 0 Å². The van der Waals surface area contributed by atoms with Gasteiger partial charge in [0.25, 0.3) is 0 Å². The van der Waals surface area contributed by atoms with E-state index in [4.69, 9.17) is 16.3 Å². The number of nitrogens with zero attached hydrogens (tertiary/aromatic N) is 2. The Morgan fingerprint density at radius 2 is 1.95 bits per heavy atom. The predicted molar refractivity (Wildman–Crippen MR) is 85.5 cm³/mol. The summed E-state index contributed by atoms with van der Waals surface area (Å²) >= 11 is 7.69. The van der Waals surface area contributed by atoms with E-state index in [1.54, 1.807) is 11.3 Å². The molecule has 5 heteroatoms. The zero-order chi connectivity index (χ0) is 14.2. The van der Waals surface area contributed by atoms with Gasteiger partial charge in [0.1, 0.15) is 16.6 Å². The van der Waals surface area contributed by atoms with Crippen LogP contribution in [0.25, 0.3) is 10.2 Å². The number of rotatable bonds is 9. The van der Waals surface area contributed by atoms with E-state index in [0.717, 1.165) is 23.2 Å². The molecule has 0 saturated heterocycles. The first-order chi connectivity index (χ1) is 9.81. The highest BCUT2D eigenvalue weighted by Gasteiger charge is 2.06. The van der Waals surface area contributed by atoms with E-state index in [2.05, 4.69) is 16.9 Å². The molecule has 0 aliphatic heterocycles. The number of hydrogen-bond donors (Lipinski definition) is 0. The lowest BCUT2D eigenvalue weighted by Crippen LogP contribution is -2.01. The molecule has 0 atom stereocenters. The highest BCUT2D eigenvalue weighted by Crippen LogP contribution is 2.24. The molecule has 0 amide bonds. The smallest absolute Gasteiger partial charge is 0.157 e. The van der Waals surface area contributed by atoms with Crippen LogP contribution in [0.15, 0.2) is 11.4 Å². The number of fused-ring (bicyclic) bond motifs is 1. The van der Waals surface area contributed by atoms with Crippen molar-refractivity contribution in [3.05, 3.63) is 22.4 Å². The molecule has 110 valence electrons. The lowest BCUT2D eigenvalue weighted by molar-refractivity contribution is 0.111. The van der Waals surface area contributed by atoms with Gasteiger partial charge in [0.2, 0.25) is 0 Å². The van der Waals surface area contributed by atoms with Crippen LogP contribution in [0.4, 0.5) is 0 Å². The lowest BCUT2D eigenvalue weighted by Gasteiger charge is -2.04. The minimum absolute atomic E-state index is 0.447. The molecule has 0 radical (unpaired) electrons. The number of halogens is 1. The van der Waals surface area contributed by atoms with Crippen molar-refractivity contribution in [1.29, 1.82) is 0 Å². The number of aromatic nitrogens is 2. The van der Waals surface area contributed by atoms with Crippen LogP contribution in [0.1, 0.15) is 51.3 Å². The molecular weight excluding hydrogens is 292 g/mol. The van der Waals surface area contributed by atoms with Gasteiger partial charge in [-0.3, -0.25) is 0 Å². The maximum atomic E-state index is 6.11. The summed E-state index contributed by atoms with van der Waals surface area (Å²) in [7, 11) is 0. The lowest BCUT2D eigenvalue weighted by atomic mass is 10.1. The maximum Gasteiger partial charge on any atom is 0.157 e. The predicted octanol–water partition coefficient (Wildman–Crippen LogP) is 5.22. The van der Waals surface area contributed by atoms with E-state index in [1.165, 1.54) is 32.1 Å². The molecule has 0 saturated carbocycles. The third kappa shape index (κ3) is 4.69. The van der Waals surface area contributed by atoms with Crippen molar-refractivity contribution in [1.82, 2.24) is 9.97 Å². The van der Waals surface area contributed by atoms with Gasteiger partial charge in [0.15, 0.2) is 5.82 Å². The number of hydrogen-bond acceptors (Lipinski definition) is 4. The monoisotopic (exact) mass is 312 g/mol. The molecule has 20 heavy (non-hydrogen) atoms. The highest BCUT2D eigenvalue weighted by atomic mass is 35.5. The summed E-state index contributed by atoms with van der Waals surface area (Å²) in [5.74, 6) is 0.677. The third-order valence-corrected chi connectivity index (χ3v) is 4.29. The van der Waals surface area contributed by atoms with E-state index < -0.39 is 0 Å². The Morgan fingerprint density at radius 1 is 1.15 bits per heavy atom. The van der Waals surface area contributed by atoms with Crippen LogP contribution in [0.5, 0.6) is 0 Å². The summed E-state index contributed by atoms with van der Waals surface area (Å²) in [6.45, 7) is 3.46. The van der Waals surface area contributed by atoms with Crippen LogP contribution < -0.4 is 0 Å². The average molecular weight is 313 g/mol. The second-order valence-electron chi connectivity index (χ2n) is 4.89. The van der Waals surface area contributed by atoms with Crippen LogP contribution >= 0.6 is 22.9 Å². The molecule has 0 spiro atoms. The summed E-state index contributed by atoms with van der Waals surface area (Å²) in [6, 6.07) is 1.95. The quantitative estimate of drug-likeness (QED) is 0.470. The van der Waals surface area contributed by atoms with Gasteiger partial charge in [-0.15, -0.1) is 11.3 Å². The molecule has 0 aromatic carbocycles. The fourth-order valence-electron chi connectivity index (χ4n) is 2.07. The van der Waals surface area contributed by atoms with Crippen LogP contribution in [0.3, 0.4) is 0 Å². The van der Waals surface area contributed by atoms with Crippen LogP contribution in [0.2, 0.25) is 5.15 Å². The molecule has 0 aliphatic carbocycles. The molecule has 3 nitrogen and oxygen atoms in total. The van der Waals surface area contributed by atoms with Crippen molar-refractivity contribution in [2.75, 3.05) is 6.61 Å². The molecule has 2 aromatic heterocycles. The highest BCUT2D eigenvalue weighted by molar-refractivity contribution is 7.16. The van der Waals surface area contributed by atoms with E-state index >= 15 is 0 Å². The Hall–Kier alpha value is -0.710. The van der Waals surface area contributed by atoms with Gasteiger partial charge < -0.3 is 4.74 Å². The minimum atomic E-state index is 0.447. The van der Waals surface area contributed by atoms with Gasteiger partial charge in [-0.1, -0.05) is 50.6 Å². The summed E-state index contributed by atoms with van der Waals surface area (Å²) in [5, 5.41) is 3.43. The molecule has 0 N–H and O–H groups in total. The van der Waals surface area contributed by atoms with Crippen molar-refractivity contribution < 1.29 is 4.74 Å². The third-order valence-electron chi connectivity index (χ3n) is 3.20. The fourth-order valence-corrected chi connectivity index (χ4v) is 3.16. The summed E-state index contributed by atoms with van der Waals surface area (Å²) in [4.78, 5) is 9.65. The van der Waals surface area contributed by atoms with Gasteiger partial charge in [-0.2, -0.15) is 0 Å². The number of thiophene rings is 1. The first kappa shape index (κ1) is 15.7. The Morgan fingerprint density at radius 3 is 2.80 bits per heavy atom. The second kappa shape index (κ2) is 8.55. The Bertz CT molecular complexity index is 530. The first-order valence-electron chi connectivity index (χ1n) is 7.28. The maximum absolute atomic E-state index is 6.11. The summed E-state index contributed by atoms with van der Waals surface area (Å²) in [5.41, 5.74) is 0. The molecule has 0 fully saturated rings. The van der Waals surface area contributed by atoms with E-state index in [9.17, 15) is 0 Å². The molecule has 2 aromatic rings. The average Bonchev–Trinajstić information content (AvgIpc) is 2.91. The zero-order valence-electron chi connectivity index (χ0n) is 11.9. The second-order valence-corrected chi connectivity index (χ2v) is 6.14. The van der Waals surface area contributed by atoms with E-state index in [0.29, 0.717) is 17.6 Å². The van der Waals surface area contributed by atoms with Gasteiger partial charge in [0, 0.05) is 12.0 Å². The van der Waals surface area contributed by atoms with Gasteiger partial charge in [-0.05, 0) is 17.9 Å². The summed E-state index contributed by atoms with van der Waals surface area (Å²) in [6.07, 6.45) is 7.63. The Labute approximate surface area is 129 Å². The largest absolute Gasteiger partial charge is 0.373 e. The first-order valence-corrected chi connectivity index (χ1v) is 8.54. The Kier molecular flexibility index (Phi) is 6.70. The number of ether oxygens (including phenoxy) is 1. The van der Waals surface area contributed by atoms with Crippen LogP contribution in [0, 0.1) is 0 Å². The molecule has 0 bridgehead atoms. The SMILES string of the molecule is CCCCCCCCOCc1nc(Cl)c2ccsc2n1. The molecule has 0 aliphatic rings. The molecule has 0 unspecified atom stereocenters. The number of unbranched alkanes of at least 4 members (excludes halogenated alkanes) is 5. The zero-order valence-corrected chi connectivity index (χ0v) is 13.5. The molecule has 2 rings (SSSR count). The molecular formula is C15H21ClN2OS. The Balaban J connectivity index is 1.68. The molecule has 2 heterocycles. The van der Waals surface area contributed by atoms with Gasteiger partial charge >= 0.3 is 0 Å². The van der Waals surface area contributed by atoms with Crippen molar-refractivity contribution in [3.8, 4) is 0 Å². The van der Waals surface area contributed by atoms with Crippen molar-refractivity contribution >= 4 is 33.2 Å². The fraction of sp³-hybridized carbons (Fsp3) is 0.600. The topological polar surface area (TPSA) is 35.0 Å². The normalized spacial score (nSPS) is 11.3. The van der Waals surface area contributed by atoms with Gasteiger partial charge in [-0.25, -0.2) is 9.97 Å².